The quantitative estimate of drug-likeness (QED) is 0.280. The number of aryl methyl sites for hydroxylation is 2. The Kier molecular flexibility index (Phi) is 9.05. The number of piperidine rings is 1. The summed E-state index contributed by atoms with van der Waals surface area (Å²) in [5.41, 5.74) is 15.0. The van der Waals surface area contributed by atoms with E-state index >= 15 is 0 Å². The number of benzene rings is 2. The van der Waals surface area contributed by atoms with Gasteiger partial charge in [0.2, 0.25) is 0 Å². The molecule has 2 aliphatic heterocycles. The number of rotatable bonds is 7. The predicted octanol–water partition coefficient (Wildman–Crippen LogP) is 7.73. The van der Waals surface area contributed by atoms with Crippen molar-refractivity contribution >= 4 is 29.1 Å². The molecule has 1 unspecified atom stereocenters. The molecule has 0 radical (unpaired) electrons. The van der Waals surface area contributed by atoms with Crippen molar-refractivity contribution in [2.45, 2.75) is 92.5 Å². The van der Waals surface area contributed by atoms with Crippen LogP contribution >= 0.6 is 11.6 Å². The van der Waals surface area contributed by atoms with Crippen LogP contribution in [0.1, 0.15) is 87.1 Å². The average Bonchev–Trinajstić information content (AvgIpc) is 2.93. The number of pyridine rings is 1. The highest BCUT2D eigenvalue weighted by atomic mass is 35.5. The van der Waals surface area contributed by atoms with Crippen LogP contribution in [0.2, 0.25) is 5.02 Å². The van der Waals surface area contributed by atoms with Gasteiger partial charge in [-0.1, -0.05) is 55.8 Å². The van der Waals surface area contributed by atoms with E-state index in [1.54, 1.807) is 0 Å². The summed E-state index contributed by atoms with van der Waals surface area (Å²) in [7, 11) is 0. The Labute approximate surface area is 267 Å². The van der Waals surface area contributed by atoms with Gasteiger partial charge in [-0.05, 0) is 93.2 Å². The van der Waals surface area contributed by atoms with Crippen molar-refractivity contribution in [2.24, 2.45) is 5.41 Å². The standard InChI is InChI=1S/C36H47ClN4O3/c1-22-9-8-10-28(37)27(22)21-40-16-13-24-19-25(11-12-26(24)20-40)30-31(41-17-14-36(6,7)15-18-41)29(23(2)39-33(30)38)32(34(42)43)44-35(3,4)5/h8-12,19,32H,13-18,20-21H2,1-7H3,(H2,38,39)(H,42,43). The number of nitrogens with zero attached hydrogens (tertiary/aromatic N) is 3. The molecule has 0 saturated carbocycles. The van der Waals surface area contributed by atoms with Gasteiger partial charge in [0.05, 0.1) is 11.3 Å². The van der Waals surface area contributed by atoms with Gasteiger partial charge < -0.3 is 20.5 Å². The molecule has 8 heteroatoms. The molecular weight excluding hydrogens is 572 g/mol. The number of nitrogen functional groups attached to an aromatic ring is 1. The molecule has 7 nitrogen and oxygen atoms in total. The van der Waals surface area contributed by atoms with Crippen LogP contribution in [-0.2, 0) is 29.0 Å². The fraction of sp³-hybridized carbons (Fsp3) is 0.500. The highest BCUT2D eigenvalue weighted by Gasteiger charge is 2.37. The molecule has 1 fully saturated rings. The molecule has 0 amide bonds. The van der Waals surface area contributed by atoms with Gasteiger partial charge in [0.25, 0.3) is 0 Å². The van der Waals surface area contributed by atoms with Crippen LogP contribution in [0.5, 0.6) is 0 Å². The van der Waals surface area contributed by atoms with Gasteiger partial charge in [-0.3, -0.25) is 4.90 Å². The number of hydrogen-bond donors (Lipinski definition) is 2. The number of carboxylic acids is 1. The van der Waals surface area contributed by atoms with E-state index in [-0.39, 0.29) is 5.41 Å². The SMILES string of the molecule is Cc1cccc(Cl)c1CN1CCc2cc(-c3c(N)nc(C)c(C(OC(C)(C)C)C(=O)O)c3N3CCC(C)(C)CC3)ccc2C1. The average molecular weight is 619 g/mol. The number of fused-ring (bicyclic) bond motifs is 1. The molecule has 44 heavy (non-hydrogen) atoms. The largest absolute Gasteiger partial charge is 0.479 e. The van der Waals surface area contributed by atoms with Crippen LogP contribution in [0.3, 0.4) is 0 Å². The van der Waals surface area contributed by atoms with Crippen molar-refractivity contribution in [2.75, 3.05) is 30.3 Å². The lowest BCUT2D eigenvalue weighted by atomic mass is 9.82. The Hall–Kier alpha value is -3.13. The molecule has 1 saturated heterocycles. The number of halogens is 1. The van der Waals surface area contributed by atoms with Crippen LogP contribution in [0.25, 0.3) is 11.1 Å². The fourth-order valence-electron chi connectivity index (χ4n) is 6.57. The number of carbonyl (C=O) groups is 1. The minimum absolute atomic E-state index is 0.221. The Morgan fingerprint density at radius 1 is 1.11 bits per heavy atom. The Bertz CT molecular complexity index is 1530. The second-order valence-electron chi connectivity index (χ2n) is 14.3. The van der Waals surface area contributed by atoms with Crippen molar-refractivity contribution in [3.05, 3.63) is 74.9 Å². The minimum atomic E-state index is -1.17. The molecule has 236 valence electrons. The lowest BCUT2D eigenvalue weighted by Gasteiger charge is -2.41. The van der Waals surface area contributed by atoms with E-state index in [9.17, 15) is 9.90 Å². The summed E-state index contributed by atoms with van der Waals surface area (Å²) >= 11 is 6.55. The smallest absolute Gasteiger partial charge is 0.337 e. The van der Waals surface area contributed by atoms with Crippen LogP contribution < -0.4 is 10.6 Å². The third kappa shape index (κ3) is 6.90. The van der Waals surface area contributed by atoms with Gasteiger partial charge in [0, 0.05) is 54.6 Å². The Morgan fingerprint density at radius 3 is 2.45 bits per heavy atom. The number of aliphatic carboxylic acids is 1. The highest BCUT2D eigenvalue weighted by Crippen LogP contribution is 2.46. The van der Waals surface area contributed by atoms with E-state index < -0.39 is 17.7 Å². The monoisotopic (exact) mass is 618 g/mol. The number of carboxylic acid groups (broad SMARTS) is 1. The van der Waals surface area contributed by atoms with Gasteiger partial charge in [0.1, 0.15) is 5.82 Å². The number of nitrogens with two attached hydrogens (primary N) is 1. The van der Waals surface area contributed by atoms with Crippen LogP contribution in [0, 0.1) is 19.3 Å². The first-order valence-electron chi connectivity index (χ1n) is 15.7. The van der Waals surface area contributed by atoms with E-state index in [0.29, 0.717) is 17.1 Å². The van der Waals surface area contributed by atoms with Crippen molar-refractivity contribution in [1.82, 2.24) is 9.88 Å². The molecule has 0 bridgehead atoms. The van der Waals surface area contributed by atoms with E-state index in [0.717, 1.165) is 73.8 Å². The molecular formula is C36H47ClN4O3. The summed E-state index contributed by atoms with van der Waals surface area (Å²) in [6, 6.07) is 12.6. The predicted molar refractivity (Wildman–Crippen MR) is 179 cm³/mol. The first-order valence-corrected chi connectivity index (χ1v) is 16.1. The number of ether oxygens (including phenoxy) is 1. The fourth-order valence-corrected chi connectivity index (χ4v) is 6.85. The van der Waals surface area contributed by atoms with Gasteiger partial charge >= 0.3 is 5.97 Å². The van der Waals surface area contributed by atoms with E-state index in [1.165, 1.54) is 22.3 Å². The third-order valence-electron chi connectivity index (χ3n) is 9.14. The topological polar surface area (TPSA) is 91.9 Å². The van der Waals surface area contributed by atoms with E-state index in [2.05, 4.69) is 54.8 Å². The summed E-state index contributed by atoms with van der Waals surface area (Å²) in [6.45, 7) is 18.4. The Morgan fingerprint density at radius 2 is 1.82 bits per heavy atom. The highest BCUT2D eigenvalue weighted by molar-refractivity contribution is 6.31. The van der Waals surface area contributed by atoms with Gasteiger partial charge in [-0.25, -0.2) is 9.78 Å². The molecule has 3 aromatic rings. The molecule has 2 aromatic carbocycles. The second kappa shape index (κ2) is 12.3. The van der Waals surface area contributed by atoms with E-state index in [4.69, 9.17) is 27.1 Å². The second-order valence-corrected chi connectivity index (χ2v) is 14.7. The zero-order valence-electron chi connectivity index (χ0n) is 27.3. The van der Waals surface area contributed by atoms with Crippen LogP contribution in [0.15, 0.2) is 36.4 Å². The molecule has 1 aromatic heterocycles. The zero-order valence-corrected chi connectivity index (χ0v) is 28.0. The molecule has 0 aliphatic carbocycles. The number of aromatic nitrogens is 1. The van der Waals surface area contributed by atoms with Crippen LogP contribution in [0.4, 0.5) is 11.5 Å². The molecule has 3 N–H and O–H groups in total. The van der Waals surface area contributed by atoms with Crippen molar-refractivity contribution in [3.8, 4) is 11.1 Å². The lowest BCUT2D eigenvalue weighted by molar-refractivity contribution is -0.160. The summed E-state index contributed by atoms with van der Waals surface area (Å²) in [5.74, 6) is -0.615. The van der Waals surface area contributed by atoms with Crippen molar-refractivity contribution in [1.29, 1.82) is 0 Å². The first-order chi connectivity index (χ1) is 20.6. The minimum Gasteiger partial charge on any atom is -0.479 e. The third-order valence-corrected chi connectivity index (χ3v) is 9.49. The molecule has 2 aliphatic rings. The maximum absolute atomic E-state index is 12.8. The maximum Gasteiger partial charge on any atom is 0.337 e. The number of hydrogen-bond acceptors (Lipinski definition) is 6. The molecule has 3 heterocycles. The first kappa shape index (κ1) is 32.3. The lowest BCUT2D eigenvalue weighted by Crippen LogP contribution is -2.39. The van der Waals surface area contributed by atoms with Gasteiger partial charge in [-0.15, -0.1) is 0 Å². The summed E-state index contributed by atoms with van der Waals surface area (Å²) < 4.78 is 6.22. The zero-order chi connectivity index (χ0) is 32.0. The summed E-state index contributed by atoms with van der Waals surface area (Å²) in [5, 5.41) is 11.3. The normalized spacial score (nSPS) is 17.8. The maximum atomic E-state index is 12.8. The number of anilines is 2. The summed E-state index contributed by atoms with van der Waals surface area (Å²) in [6.07, 6.45) is 1.72. The summed E-state index contributed by atoms with van der Waals surface area (Å²) in [4.78, 5) is 22.3. The van der Waals surface area contributed by atoms with Crippen molar-refractivity contribution < 1.29 is 14.6 Å². The Balaban J connectivity index is 1.57. The van der Waals surface area contributed by atoms with Crippen molar-refractivity contribution in [3.63, 3.8) is 0 Å². The molecule has 1 atom stereocenters. The molecule has 5 rings (SSSR count). The van der Waals surface area contributed by atoms with Gasteiger partial charge in [0.15, 0.2) is 6.10 Å². The molecule has 0 spiro atoms. The van der Waals surface area contributed by atoms with Crippen LogP contribution in [-0.4, -0.2) is 46.2 Å². The van der Waals surface area contributed by atoms with Gasteiger partial charge in [-0.2, -0.15) is 0 Å². The van der Waals surface area contributed by atoms with E-state index in [1.807, 2.05) is 39.8 Å².